The van der Waals surface area contributed by atoms with Crippen molar-refractivity contribution < 1.29 is 53.2 Å². The molecular formula is C17H18Cl2OZr. The van der Waals surface area contributed by atoms with E-state index in [-0.39, 0.29) is 31.4 Å². The largest absolute Gasteiger partial charge is 1.00 e. The molecular weight excluding hydrogens is 382 g/mol. The molecule has 0 radical (unpaired) electrons. The summed E-state index contributed by atoms with van der Waals surface area (Å²) in [6.07, 6.45) is 8.82. The number of aliphatic hydroxyl groups is 1. The van der Waals surface area contributed by atoms with Gasteiger partial charge >= 0.3 is 126 Å². The van der Waals surface area contributed by atoms with Gasteiger partial charge in [0, 0.05) is 0 Å². The van der Waals surface area contributed by atoms with Gasteiger partial charge in [-0.2, -0.15) is 0 Å². The Labute approximate surface area is 150 Å². The van der Waals surface area contributed by atoms with E-state index in [0.717, 1.165) is 12.8 Å². The molecule has 1 atom stereocenters. The molecule has 0 aliphatic heterocycles. The van der Waals surface area contributed by atoms with Crippen molar-refractivity contribution in [1.29, 1.82) is 0 Å². The number of allylic oxidation sites excluding steroid dienone is 4. The first-order valence-electron chi connectivity index (χ1n) is 6.82. The Bertz CT molecular complexity index is 590. The van der Waals surface area contributed by atoms with Crippen LogP contribution >= 0.6 is 0 Å². The van der Waals surface area contributed by atoms with Crippen molar-refractivity contribution in [3.63, 3.8) is 0 Å². The number of hydrogen-bond donors (Lipinski definition) is 1. The first kappa shape index (κ1) is 18.9. The number of hydrogen-bond acceptors (Lipinski definition) is 1. The van der Waals surface area contributed by atoms with Crippen molar-refractivity contribution in [3.8, 4) is 0 Å². The quantitative estimate of drug-likeness (QED) is 0.610. The Balaban J connectivity index is 0.00000110. The van der Waals surface area contributed by atoms with Crippen LogP contribution in [-0.4, -0.2) is 11.7 Å². The smallest absolute Gasteiger partial charge is 1.00 e. The fourth-order valence-corrected chi connectivity index (χ4v) is 7.10. The standard InChI is InChI=1S/C10H9.C7H9O.2ClH.Zr/c1-8-6-9-4-2-3-5-10(9)7-8;8-6-5-7-3-1-2-4-7;;;/h2-7H,1H3;1,3,8H,2,5-6H2;2*1H;/q;;;;+2/p-2. The average Bonchev–Trinajstić information content (AvgIpc) is 2.97. The van der Waals surface area contributed by atoms with Crippen LogP contribution in [0.5, 0.6) is 0 Å². The summed E-state index contributed by atoms with van der Waals surface area (Å²) in [6, 6.07) is 8.81. The van der Waals surface area contributed by atoms with Crippen LogP contribution < -0.4 is 24.8 Å². The molecule has 2 aliphatic carbocycles. The van der Waals surface area contributed by atoms with Crippen LogP contribution in [0.2, 0.25) is 0 Å². The van der Waals surface area contributed by atoms with Gasteiger partial charge in [0.15, 0.2) is 0 Å². The molecule has 1 aromatic carbocycles. The van der Waals surface area contributed by atoms with E-state index >= 15 is 0 Å². The van der Waals surface area contributed by atoms with Crippen molar-refractivity contribution in [2.75, 3.05) is 6.61 Å². The molecule has 0 saturated carbocycles. The monoisotopic (exact) mass is 398 g/mol. The number of fused-ring (bicyclic) bond motifs is 1. The van der Waals surface area contributed by atoms with E-state index in [1.165, 1.54) is 22.3 Å². The van der Waals surface area contributed by atoms with Crippen molar-refractivity contribution in [2.45, 2.75) is 23.4 Å². The molecule has 3 rings (SSSR count). The summed E-state index contributed by atoms with van der Waals surface area (Å²) in [4.78, 5) is 0. The molecule has 0 bridgehead atoms. The van der Waals surface area contributed by atoms with Gasteiger partial charge in [-0.05, 0) is 0 Å². The Morgan fingerprint density at radius 3 is 2.76 bits per heavy atom. The maximum Gasteiger partial charge on any atom is -1.00 e. The Hall–Kier alpha value is -0.137. The minimum Gasteiger partial charge on any atom is -1.00 e. The van der Waals surface area contributed by atoms with Gasteiger partial charge in [-0.1, -0.05) is 0 Å². The molecule has 0 spiro atoms. The molecule has 1 unspecified atom stereocenters. The van der Waals surface area contributed by atoms with Crippen LogP contribution in [0.3, 0.4) is 0 Å². The minimum atomic E-state index is -0.640. The summed E-state index contributed by atoms with van der Waals surface area (Å²) in [5.41, 5.74) is 5.91. The van der Waals surface area contributed by atoms with Gasteiger partial charge in [0.25, 0.3) is 0 Å². The third-order valence-corrected chi connectivity index (χ3v) is 8.61. The average molecular weight is 400 g/mol. The number of benzene rings is 1. The second kappa shape index (κ2) is 8.48. The molecule has 2 aliphatic rings. The van der Waals surface area contributed by atoms with Crippen molar-refractivity contribution in [3.05, 3.63) is 62.0 Å². The van der Waals surface area contributed by atoms with Crippen LogP contribution in [0.15, 0.2) is 50.8 Å². The first-order valence-corrected chi connectivity index (χ1v) is 9.47. The molecule has 0 aromatic heterocycles. The van der Waals surface area contributed by atoms with Gasteiger partial charge < -0.3 is 24.8 Å². The SMILES string of the molecule is CC1=Cc2ccccc2[CH]1[Zr+2][C]1=C(CCO)C=CC1.[Cl-].[Cl-]. The molecule has 0 saturated heterocycles. The van der Waals surface area contributed by atoms with Crippen LogP contribution in [-0.2, 0) is 23.2 Å². The van der Waals surface area contributed by atoms with Crippen molar-refractivity contribution >= 4 is 6.08 Å². The predicted octanol–water partition coefficient (Wildman–Crippen LogP) is -2.17. The zero-order valence-corrected chi connectivity index (χ0v) is 15.9. The van der Waals surface area contributed by atoms with E-state index in [2.05, 4.69) is 49.4 Å². The Morgan fingerprint density at radius 2 is 2.00 bits per heavy atom. The summed E-state index contributed by atoms with van der Waals surface area (Å²) in [7, 11) is 0. The zero-order valence-electron chi connectivity index (χ0n) is 11.9. The topological polar surface area (TPSA) is 20.2 Å². The normalized spacial score (nSPS) is 18.6. The summed E-state index contributed by atoms with van der Waals surface area (Å²) in [6.45, 7) is 2.55. The van der Waals surface area contributed by atoms with Crippen LogP contribution in [0, 0.1) is 0 Å². The fraction of sp³-hybridized carbons (Fsp3) is 0.294. The van der Waals surface area contributed by atoms with E-state index in [1.807, 2.05) is 0 Å². The Kier molecular flexibility index (Phi) is 7.64. The van der Waals surface area contributed by atoms with Crippen LogP contribution in [0.4, 0.5) is 0 Å². The van der Waals surface area contributed by atoms with E-state index < -0.39 is 23.2 Å². The van der Waals surface area contributed by atoms with Gasteiger partial charge in [0.2, 0.25) is 0 Å². The van der Waals surface area contributed by atoms with Gasteiger partial charge in [-0.15, -0.1) is 0 Å². The third kappa shape index (κ3) is 3.99. The molecule has 110 valence electrons. The minimum absolute atomic E-state index is 0. The zero-order chi connectivity index (χ0) is 13.2. The second-order valence-electron chi connectivity index (χ2n) is 5.18. The summed E-state index contributed by atoms with van der Waals surface area (Å²) < 4.78 is 2.37. The van der Waals surface area contributed by atoms with Gasteiger partial charge in [0.05, 0.1) is 0 Å². The van der Waals surface area contributed by atoms with Gasteiger partial charge in [-0.3, -0.25) is 0 Å². The van der Waals surface area contributed by atoms with Crippen LogP contribution in [0.25, 0.3) is 6.08 Å². The van der Waals surface area contributed by atoms with Gasteiger partial charge in [-0.25, -0.2) is 0 Å². The van der Waals surface area contributed by atoms with Crippen molar-refractivity contribution in [1.82, 2.24) is 0 Å². The molecule has 0 amide bonds. The second-order valence-corrected chi connectivity index (χ2v) is 8.79. The molecule has 0 fully saturated rings. The summed E-state index contributed by atoms with van der Waals surface area (Å²) >= 11 is -0.640. The summed E-state index contributed by atoms with van der Waals surface area (Å²) in [5, 5.41) is 9.15. The predicted molar refractivity (Wildman–Crippen MR) is 75.3 cm³/mol. The molecule has 21 heavy (non-hydrogen) atoms. The summed E-state index contributed by atoms with van der Waals surface area (Å²) in [5.74, 6) is 0. The number of halogens is 2. The van der Waals surface area contributed by atoms with E-state index in [4.69, 9.17) is 5.11 Å². The van der Waals surface area contributed by atoms with Crippen molar-refractivity contribution in [2.24, 2.45) is 0 Å². The molecule has 4 heteroatoms. The fourth-order valence-electron chi connectivity index (χ4n) is 2.90. The van der Waals surface area contributed by atoms with E-state index in [1.54, 1.807) is 3.28 Å². The first-order chi connectivity index (χ1) is 9.29. The number of aliphatic hydroxyl groups excluding tert-OH is 1. The maximum absolute atomic E-state index is 9.15. The van der Waals surface area contributed by atoms with Crippen LogP contribution in [0.1, 0.15) is 34.5 Å². The van der Waals surface area contributed by atoms with E-state index in [9.17, 15) is 0 Å². The molecule has 1 nitrogen and oxygen atoms in total. The van der Waals surface area contributed by atoms with E-state index in [0.29, 0.717) is 3.63 Å². The maximum atomic E-state index is 9.15. The van der Waals surface area contributed by atoms with Gasteiger partial charge in [0.1, 0.15) is 0 Å². The third-order valence-electron chi connectivity index (χ3n) is 3.87. The molecule has 0 heterocycles. The molecule has 1 N–H and O–H groups in total. The molecule has 1 aromatic rings. The number of rotatable bonds is 4. The Morgan fingerprint density at radius 1 is 1.24 bits per heavy atom.